The Morgan fingerprint density at radius 3 is 2.54 bits per heavy atom. The lowest BCUT2D eigenvalue weighted by Gasteiger charge is -2.29. The summed E-state index contributed by atoms with van der Waals surface area (Å²) in [5.41, 5.74) is 3.18. The average molecular weight is 330 g/mol. The molecule has 1 saturated heterocycles. The molecule has 0 saturated carbocycles. The van der Waals surface area contributed by atoms with Crippen LogP contribution in [0.5, 0.6) is 0 Å². The first-order valence-electron chi connectivity index (χ1n) is 8.37. The van der Waals surface area contributed by atoms with Crippen molar-refractivity contribution in [2.75, 3.05) is 26.7 Å². The number of likely N-dealkylation sites (tertiary alicyclic amines) is 1. The molecule has 1 aromatic carbocycles. The topological polar surface area (TPSA) is 71.9 Å². The van der Waals surface area contributed by atoms with E-state index in [1.165, 1.54) is 24.9 Å². The van der Waals surface area contributed by atoms with Crippen molar-refractivity contribution in [2.24, 2.45) is 0 Å². The number of urea groups is 1. The molecule has 128 valence electrons. The zero-order valence-electron chi connectivity index (χ0n) is 14.1. The van der Waals surface area contributed by atoms with Crippen LogP contribution in [0, 0.1) is 6.92 Å². The van der Waals surface area contributed by atoms with Crippen molar-refractivity contribution in [3.05, 3.63) is 46.7 Å². The fraction of sp³-hybridized carbons (Fsp3) is 0.444. The molecule has 24 heavy (non-hydrogen) atoms. The molecular formula is C18H24N3O3+. The van der Waals surface area contributed by atoms with E-state index in [-0.39, 0.29) is 6.03 Å². The Morgan fingerprint density at radius 2 is 1.92 bits per heavy atom. The van der Waals surface area contributed by atoms with Gasteiger partial charge in [0.25, 0.3) is 0 Å². The molecule has 0 aliphatic carbocycles. The van der Waals surface area contributed by atoms with Gasteiger partial charge in [0, 0.05) is 12.8 Å². The number of quaternary nitrogens is 1. The molecule has 1 aromatic rings. The normalized spacial score (nSPS) is 21.4. The van der Waals surface area contributed by atoms with Gasteiger partial charge < -0.3 is 20.3 Å². The van der Waals surface area contributed by atoms with E-state index in [0.29, 0.717) is 17.8 Å². The van der Waals surface area contributed by atoms with Crippen molar-refractivity contribution in [3.63, 3.8) is 0 Å². The van der Waals surface area contributed by atoms with Crippen LogP contribution in [-0.4, -0.2) is 38.7 Å². The Hall–Kier alpha value is -2.34. The summed E-state index contributed by atoms with van der Waals surface area (Å²) in [5, 5.41) is 5.68. The smallest absolute Gasteiger partial charge is 0.338 e. The molecule has 1 fully saturated rings. The second-order valence-electron chi connectivity index (χ2n) is 6.46. The van der Waals surface area contributed by atoms with Crippen molar-refractivity contribution < 1.29 is 19.2 Å². The van der Waals surface area contributed by atoms with E-state index < -0.39 is 12.0 Å². The van der Waals surface area contributed by atoms with E-state index in [1.807, 2.05) is 31.2 Å². The third-order valence-corrected chi connectivity index (χ3v) is 4.71. The van der Waals surface area contributed by atoms with Crippen LogP contribution in [0.3, 0.4) is 0 Å². The third-order valence-electron chi connectivity index (χ3n) is 4.71. The highest BCUT2D eigenvalue weighted by Gasteiger charge is 2.35. The predicted octanol–water partition coefficient (Wildman–Crippen LogP) is 0.455. The highest BCUT2D eigenvalue weighted by atomic mass is 16.5. The number of hydrogen-bond donors (Lipinski definition) is 3. The van der Waals surface area contributed by atoms with Crippen LogP contribution in [0.4, 0.5) is 4.79 Å². The van der Waals surface area contributed by atoms with Gasteiger partial charge in [0.05, 0.1) is 37.5 Å². The molecule has 0 spiro atoms. The quantitative estimate of drug-likeness (QED) is 0.702. The first kappa shape index (κ1) is 16.5. The predicted molar refractivity (Wildman–Crippen MR) is 89.4 cm³/mol. The molecule has 2 aliphatic rings. The van der Waals surface area contributed by atoms with Crippen LogP contribution in [-0.2, 0) is 9.53 Å². The summed E-state index contributed by atoms with van der Waals surface area (Å²) in [7, 11) is 1.37. The van der Waals surface area contributed by atoms with Crippen molar-refractivity contribution in [2.45, 2.75) is 25.8 Å². The standard InChI is InChI=1S/C18H23N3O3/c1-12-5-7-13(8-6-12)16-15(17(22)24-2)14(19-18(23)20-16)11-21-9-3-4-10-21/h5-8,16H,3-4,9-11H2,1-2H3,(H2,19,20,23)/p+1/t16-/m0/s1. The minimum absolute atomic E-state index is 0.276. The van der Waals surface area contributed by atoms with Gasteiger partial charge in [-0.15, -0.1) is 0 Å². The van der Waals surface area contributed by atoms with Crippen LogP contribution < -0.4 is 15.5 Å². The zero-order chi connectivity index (χ0) is 17.1. The molecule has 3 rings (SSSR count). The number of rotatable bonds is 4. The molecule has 6 nitrogen and oxygen atoms in total. The van der Waals surface area contributed by atoms with Crippen LogP contribution in [0.1, 0.15) is 30.0 Å². The van der Waals surface area contributed by atoms with Crippen molar-refractivity contribution in [3.8, 4) is 0 Å². The largest absolute Gasteiger partial charge is 0.466 e. The number of carbonyl (C=O) groups excluding carboxylic acids is 2. The molecule has 0 unspecified atom stereocenters. The number of hydrogen-bond acceptors (Lipinski definition) is 3. The van der Waals surface area contributed by atoms with E-state index in [9.17, 15) is 9.59 Å². The van der Waals surface area contributed by atoms with Gasteiger partial charge in [-0.2, -0.15) is 0 Å². The lowest BCUT2D eigenvalue weighted by Crippen LogP contribution is -3.10. The third kappa shape index (κ3) is 3.43. The van der Waals surface area contributed by atoms with E-state index >= 15 is 0 Å². The number of ether oxygens (including phenoxy) is 1. The molecule has 0 bridgehead atoms. The summed E-state index contributed by atoms with van der Waals surface area (Å²) >= 11 is 0. The fourth-order valence-corrected chi connectivity index (χ4v) is 3.42. The highest BCUT2D eigenvalue weighted by molar-refractivity contribution is 5.95. The highest BCUT2D eigenvalue weighted by Crippen LogP contribution is 2.27. The number of nitrogens with one attached hydrogen (secondary N) is 3. The Kier molecular flexibility index (Phi) is 4.85. The van der Waals surface area contributed by atoms with Crippen LogP contribution in [0.15, 0.2) is 35.5 Å². The first-order valence-corrected chi connectivity index (χ1v) is 8.37. The van der Waals surface area contributed by atoms with Gasteiger partial charge in [-0.05, 0) is 12.5 Å². The van der Waals surface area contributed by atoms with E-state index in [0.717, 1.165) is 24.2 Å². The molecule has 3 N–H and O–H groups in total. The first-order chi connectivity index (χ1) is 11.6. The lowest BCUT2D eigenvalue weighted by molar-refractivity contribution is -0.882. The SMILES string of the molecule is COC(=O)C1=C(C[NH+]2CCCC2)NC(=O)N[C@H]1c1ccc(C)cc1. The Labute approximate surface area is 141 Å². The van der Waals surface area contributed by atoms with E-state index in [2.05, 4.69) is 10.6 Å². The molecule has 2 amide bonds. The van der Waals surface area contributed by atoms with Gasteiger partial charge in [-0.1, -0.05) is 29.8 Å². The number of esters is 1. The molecule has 0 aromatic heterocycles. The van der Waals surface area contributed by atoms with E-state index in [1.54, 1.807) is 0 Å². The number of amides is 2. The average Bonchev–Trinajstić information content (AvgIpc) is 3.07. The number of benzene rings is 1. The van der Waals surface area contributed by atoms with Crippen LogP contribution in [0.25, 0.3) is 0 Å². The molecule has 0 radical (unpaired) electrons. The summed E-state index contributed by atoms with van der Waals surface area (Å²) < 4.78 is 5.00. The van der Waals surface area contributed by atoms with Gasteiger partial charge in [0.15, 0.2) is 0 Å². The molecule has 1 atom stereocenters. The van der Waals surface area contributed by atoms with Crippen molar-refractivity contribution in [1.82, 2.24) is 10.6 Å². The van der Waals surface area contributed by atoms with Crippen LogP contribution >= 0.6 is 0 Å². The minimum atomic E-state index is -0.483. The zero-order valence-corrected chi connectivity index (χ0v) is 14.1. The maximum atomic E-state index is 12.4. The van der Waals surface area contributed by atoms with Gasteiger partial charge >= 0.3 is 12.0 Å². The molecule has 2 aliphatic heterocycles. The second-order valence-corrected chi connectivity index (χ2v) is 6.46. The minimum Gasteiger partial charge on any atom is -0.466 e. The monoisotopic (exact) mass is 330 g/mol. The Balaban J connectivity index is 1.99. The summed E-state index contributed by atoms with van der Waals surface area (Å²) in [6.45, 7) is 4.77. The maximum Gasteiger partial charge on any atom is 0.338 e. The summed E-state index contributed by atoms with van der Waals surface area (Å²) in [4.78, 5) is 25.9. The Morgan fingerprint density at radius 1 is 1.25 bits per heavy atom. The second kappa shape index (κ2) is 7.05. The molecule has 2 heterocycles. The van der Waals surface area contributed by atoms with E-state index in [4.69, 9.17) is 4.74 Å². The lowest BCUT2D eigenvalue weighted by atomic mass is 9.94. The summed E-state index contributed by atoms with van der Waals surface area (Å²) in [6.07, 6.45) is 2.37. The molecule has 6 heteroatoms. The maximum absolute atomic E-state index is 12.4. The van der Waals surface area contributed by atoms with Gasteiger partial charge in [-0.25, -0.2) is 9.59 Å². The number of carbonyl (C=O) groups is 2. The Bertz CT molecular complexity index is 661. The summed E-state index contributed by atoms with van der Waals surface area (Å²) in [6, 6.07) is 7.07. The fourth-order valence-electron chi connectivity index (χ4n) is 3.42. The van der Waals surface area contributed by atoms with Gasteiger partial charge in [-0.3, -0.25) is 0 Å². The van der Waals surface area contributed by atoms with Crippen molar-refractivity contribution in [1.29, 1.82) is 0 Å². The van der Waals surface area contributed by atoms with Crippen molar-refractivity contribution >= 4 is 12.0 Å². The molecular weight excluding hydrogens is 306 g/mol. The van der Waals surface area contributed by atoms with Crippen LogP contribution in [0.2, 0.25) is 0 Å². The van der Waals surface area contributed by atoms with Gasteiger partial charge in [0.2, 0.25) is 0 Å². The number of aryl methyl sites for hydroxylation is 1. The summed E-state index contributed by atoms with van der Waals surface area (Å²) in [5.74, 6) is -0.401. The number of methoxy groups -OCH3 is 1. The van der Waals surface area contributed by atoms with Gasteiger partial charge in [0.1, 0.15) is 6.54 Å².